The lowest BCUT2D eigenvalue weighted by atomic mass is 9.67. The first-order valence-corrected chi connectivity index (χ1v) is 11.2. The fraction of sp³-hybridized carbons (Fsp3) is 0.375. The lowest BCUT2D eigenvalue weighted by Gasteiger charge is -2.51. The number of rotatable bonds is 3. The molecule has 3 heterocycles. The molecule has 4 amide bonds. The molecule has 0 saturated carbocycles. The summed E-state index contributed by atoms with van der Waals surface area (Å²) in [7, 11) is 1.51. The molecule has 2 aromatic carbocycles. The second-order valence-electron chi connectivity index (χ2n) is 8.87. The number of nitrogens with one attached hydrogen (secondary N) is 1. The van der Waals surface area contributed by atoms with Crippen LogP contribution in [-0.2, 0) is 16.0 Å². The van der Waals surface area contributed by atoms with Crippen molar-refractivity contribution in [3.05, 3.63) is 58.1 Å². The highest BCUT2D eigenvalue weighted by Crippen LogP contribution is 2.48. The van der Waals surface area contributed by atoms with E-state index in [1.165, 1.54) is 19.2 Å². The van der Waals surface area contributed by atoms with Gasteiger partial charge in [-0.25, -0.2) is 9.69 Å². The van der Waals surface area contributed by atoms with Gasteiger partial charge in [0.05, 0.1) is 23.8 Å². The maximum Gasteiger partial charge on any atom is 0.335 e. The zero-order valence-corrected chi connectivity index (χ0v) is 18.7. The molecule has 2 fully saturated rings. The van der Waals surface area contributed by atoms with Gasteiger partial charge in [0.15, 0.2) is 5.41 Å². The second kappa shape index (κ2) is 8.12. The maximum atomic E-state index is 14.1. The van der Waals surface area contributed by atoms with E-state index in [0.717, 1.165) is 29.8 Å². The van der Waals surface area contributed by atoms with Gasteiger partial charge in [0.25, 0.3) is 11.6 Å². The number of imide groups is 2. The zero-order valence-electron chi connectivity index (χ0n) is 18.7. The molecule has 10 heteroatoms. The van der Waals surface area contributed by atoms with E-state index in [-0.39, 0.29) is 12.1 Å². The van der Waals surface area contributed by atoms with Gasteiger partial charge in [0.1, 0.15) is 5.75 Å². The minimum absolute atomic E-state index is 0.0181. The molecule has 3 aliphatic heterocycles. The molecule has 0 aliphatic carbocycles. The standard InChI is InChI=1S/C24H24N4O6/c1-34-18-9-6-16(7-10-18)27-22(30)24(21(29)25-23(27)31)14-15-13-17(28(32)33)8-11-19(15)26-12-4-2-3-5-20(24)26/h6-11,13,20H,2-5,12,14H2,1H3,(H,25,29,31). The Morgan fingerprint density at radius 3 is 2.56 bits per heavy atom. The van der Waals surface area contributed by atoms with E-state index < -0.39 is 34.2 Å². The zero-order chi connectivity index (χ0) is 24.0. The molecule has 1 N–H and O–H groups in total. The van der Waals surface area contributed by atoms with Gasteiger partial charge >= 0.3 is 6.03 Å². The van der Waals surface area contributed by atoms with Crippen LogP contribution in [-0.4, -0.2) is 42.5 Å². The van der Waals surface area contributed by atoms with Gasteiger partial charge in [-0.1, -0.05) is 12.8 Å². The molecule has 10 nitrogen and oxygen atoms in total. The molecule has 2 saturated heterocycles. The van der Waals surface area contributed by atoms with Crippen molar-refractivity contribution >= 4 is 34.9 Å². The van der Waals surface area contributed by atoms with Crippen LogP contribution < -0.4 is 19.9 Å². The van der Waals surface area contributed by atoms with Crippen molar-refractivity contribution in [2.45, 2.75) is 38.1 Å². The molecule has 0 bridgehead atoms. The van der Waals surface area contributed by atoms with Gasteiger partial charge in [-0.3, -0.25) is 25.0 Å². The smallest absolute Gasteiger partial charge is 0.335 e. The van der Waals surface area contributed by atoms with E-state index in [4.69, 9.17) is 4.74 Å². The summed E-state index contributed by atoms with van der Waals surface area (Å²) in [6, 6.07) is 9.77. The van der Waals surface area contributed by atoms with Crippen molar-refractivity contribution in [1.82, 2.24) is 5.32 Å². The number of nitro groups is 1. The highest BCUT2D eigenvalue weighted by atomic mass is 16.6. The Bertz CT molecular complexity index is 1200. The Morgan fingerprint density at radius 1 is 1.09 bits per heavy atom. The number of hydrogen-bond donors (Lipinski definition) is 1. The van der Waals surface area contributed by atoms with E-state index in [9.17, 15) is 24.5 Å². The lowest BCUT2D eigenvalue weighted by Crippen LogP contribution is -2.72. The number of nitro benzene ring substituents is 1. The van der Waals surface area contributed by atoms with E-state index >= 15 is 0 Å². The van der Waals surface area contributed by atoms with Gasteiger partial charge in [-0.2, -0.15) is 0 Å². The highest BCUT2D eigenvalue weighted by Gasteiger charge is 2.62. The van der Waals surface area contributed by atoms with Crippen molar-refractivity contribution in [3.63, 3.8) is 0 Å². The summed E-state index contributed by atoms with van der Waals surface area (Å²) in [5, 5.41) is 13.8. The number of carbonyl (C=O) groups is 3. The van der Waals surface area contributed by atoms with E-state index in [1.54, 1.807) is 30.3 Å². The van der Waals surface area contributed by atoms with Gasteiger partial charge in [0.2, 0.25) is 5.91 Å². The van der Waals surface area contributed by atoms with Crippen LogP contribution in [0.5, 0.6) is 5.75 Å². The fourth-order valence-corrected chi connectivity index (χ4v) is 5.50. The molecule has 2 atom stereocenters. The predicted octanol–water partition coefficient (Wildman–Crippen LogP) is 3.18. The van der Waals surface area contributed by atoms with Crippen LogP contribution in [0.4, 0.5) is 21.9 Å². The predicted molar refractivity (Wildman–Crippen MR) is 123 cm³/mol. The van der Waals surface area contributed by atoms with E-state index in [0.29, 0.717) is 30.0 Å². The third-order valence-corrected chi connectivity index (χ3v) is 7.12. The number of barbiturate groups is 1. The summed E-state index contributed by atoms with van der Waals surface area (Å²) in [6.45, 7) is 0.619. The van der Waals surface area contributed by atoms with Gasteiger partial charge in [-0.15, -0.1) is 0 Å². The molecule has 2 aromatic rings. The Balaban J connectivity index is 1.66. The van der Waals surface area contributed by atoms with Crippen LogP contribution in [0, 0.1) is 15.5 Å². The molecule has 34 heavy (non-hydrogen) atoms. The number of urea groups is 1. The molecule has 0 radical (unpaired) electrons. The minimum Gasteiger partial charge on any atom is -0.497 e. The third kappa shape index (κ3) is 3.20. The van der Waals surface area contributed by atoms with Crippen LogP contribution in [0.15, 0.2) is 42.5 Å². The number of benzene rings is 2. The summed E-state index contributed by atoms with van der Waals surface area (Å²) in [6.07, 6.45) is 3.24. The number of nitrogens with zero attached hydrogens (tertiary/aromatic N) is 3. The van der Waals surface area contributed by atoms with E-state index in [1.807, 2.05) is 4.90 Å². The second-order valence-corrected chi connectivity index (χ2v) is 8.87. The van der Waals surface area contributed by atoms with Crippen molar-refractivity contribution < 1.29 is 24.0 Å². The van der Waals surface area contributed by atoms with Crippen LogP contribution >= 0.6 is 0 Å². The van der Waals surface area contributed by atoms with Crippen LogP contribution in [0.2, 0.25) is 0 Å². The first kappa shape index (κ1) is 21.9. The number of carbonyl (C=O) groups excluding carboxylic acids is 3. The lowest BCUT2D eigenvalue weighted by molar-refractivity contribution is -0.384. The fourth-order valence-electron chi connectivity index (χ4n) is 5.50. The largest absolute Gasteiger partial charge is 0.497 e. The summed E-state index contributed by atoms with van der Waals surface area (Å²) in [5.74, 6) is -0.699. The van der Waals surface area contributed by atoms with Gasteiger partial charge in [-0.05, 0) is 48.7 Å². The number of hydrogen-bond acceptors (Lipinski definition) is 7. The SMILES string of the molecule is COc1ccc(N2C(=O)NC(=O)C3(Cc4cc([N+](=O)[O-])ccc4N4CCCCCC43)C2=O)cc1. The molecular formula is C24H24N4O6. The quantitative estimate of drug-likeness (QED) is 0.421. The van der Waals surface area contributed by atoms with Gasteiger partial charge < -0.3 is 9.64 Å². The molecule has 1 spiro atoms. The van der Waals surface area contributed by atoms with Crippen LogP contribution in [0.3, 0.4) is 0 Å². The highest BCUT2D eigenvalue weighted by molar-refractivity contribution is 6.30. The molecule has 5 rings (SSSR count). The third-order valence-electron chi connectivity index (χ3n) is 7.12. The van der Waals surface area contributed by atoms with Crippen molar-refractivity contribution in [2.24, 2.45) is 5.41 Å². The normalized spacial score (nSPS) is 24.3. The van der Waals surface area contributed by atoms with Crippen LogP contribution in [0.1, 0.15) is 31.2 Å². The van der Waals surface area contributed by atoms with Crippen LogP contribution in [0.25, 0.3) is 0 Å². The summed E-state index contributed by atoms with van der Waals surface area (Å²) < 4.78 is 5.17. The topological polar surface area (TPSA) is 122 Å². The first-order chi connectivity index (χ1) is 16.4. The van der Waals surface area contributed by atoms with E-state index in [2.05, 4.69) is 5.32 Å². The average molecular weight is 464 g/mol. The monoisotopic (exact) mass is 464 g/mol. The van der Waals surface area contributed by atoms with Crippen molar-refractivity contribution in [2.75, 3.05) is 23.5 Å². The minimum atomic E-state index is -1.58. The number of anilines is 2. The number of ether oxygens (including phenoxy) is 1. The Hall–Kier alpha value is -3.95. The maximum absolute atomic E-state index is 14.1. The number of methoxy groups -OCH3 is 1. The Kier molecular flexibility index (Phi) is 5.22. The summed E-state index contributed by atoms with van der Waals surface area (Å²) in [4.78, 5) is 54.5. The Labute approximate surface area is 195 Å². The average Bonchev–Trinajstić information content (AvgIpc) is 3.09. The Morgan fingerprint density at radius 2 is 1.85 bits per heavy atom. The molecule has 0 aromatic heterocycles. The van der Waals surface area contributed by atoms with Crippen molar-refractivity contribution in [1.29, 1.82) is 0 Å². The molecular weight excluding hydrogens is 440 g/mol. The number of fused-ring (bicyclic) bond motifs is 4. The summed E-state index contributed by atoms with van der Waals surface area (Å²) in [5.41, 5.74) is -0.00829. The number of non-ortho nitro benzene ring substituents is 1. The first-order valence-electron chi connectivity index (χ1n) is 11.2. The summed E-state index contributed by atoms with van der Waals surface area (Å²) >= 11 is 0. The van der Waals surface area contributed by atoms with Crippen molar-refractivity contribution in [3.8, 4) is 5.75 Å². The number of amides is 4. The molecule has 3 aliphatic rings. The van der Waals surface area contributed by atoms with Gasteiger partial charge in [0, 0.05) is 30.8 Å². The molecule has 176 valence electrons. The molecule has 2 unspecified atom stereocenters.